The maximum Gasteiger partial charge on any atom is 0.224 e. The fourth-order valence-corrected chi connectivity index (χ4v) is 3.11. The lowest BCUT2D eigenvalue weighted by atomic mass is 10.2. The van der Waals surface area contributed by atoms with Gasteiger partial charge in [0.05, 0.1) is 16.4 Å². The van der Waals surface area contributed by atoms with Gasteiger partial charge in [-0.2, -0.15) is 0 Å². The van der Waals surface area contributed by atoms with Crippen LogP contribution in [0, 0.1) is 0 Å². The molecule has 1 N–H and O–H groups in total. The monoisotopic (exact) mass is 343 g/mol. The zero-order chi connectivity index (χ0) is 16.1. The minimum atomic E-state index is -0.0726. The molecule has 0 aliphatic carbocycles. The summed E-state index contributed by atoms with van der Waals surface area (Å²) in [5.41, 5.74) is 2.59. The number of nitrogens with one attached hydrogen (secondary N) is 1. The zero-order valence-electron chi connectivity index (χ0n) is 12.2. The summed E-state index contributed by atoms with van der Waals surface area (Å²) in [5, 5.41) is 6.28. The highest BCUT2D eigenvalue weighted by Gasteiger charge is 2.09. The highest BCUT2D eigenvalue weighted by atomic mass is 35.5. The first-order valence-electron chi connectivity index (χ1n) is 7.11. The van der Waals surface area contributed by atoms with Gasteiger partial charge in [0.25, 0.3) is 0 Å². The molecule has 1 amide bonds. The number of aromatic nitrogens is 2. The second-order valence-corrected chi connectivity index (χ2v) is 6.17. The molecule has 116 valence electrons. The van der Waals surface area contributed by atoms with E-state index in [9.17, 15) is 4.79 Å². The van der Waals surface area contributed by atoms with Gasteiger partial charge in [-0.05, 0) is 30.7 Å². The predicted octanol–water partition coefficient (Wildman–Crippen LogP) is 4.43. The Labute approximate surface area is 143 Å². The fourth-order valence-electron chi connectivity index (χ4n) is 2.07. The van der Waals surface area contributed by atoms with Crippen LogP contribution in [-0.4, -0.2) is 15.9 Å². The average Bonchev–Trinajstić information content (AvgIpc) is 3.05. The summed E-state index contributed by atoms with van der Waals surface area (Å²) in [6, 6.07) is 11.0. The number of nitrogens with zero attached hydrogens (tertiary/aromatic N) is 2. The number of pyridine rings is 1. The van der Waals surface area contributed by atoms with Crippen LogP contribution >= 0.6 is 22.9 Å². The molecule has 0 bridgehead atoms. The molecule has 1 aromatic carbocycles. The molecule has 0 atom stereocenters. The highest BCUT2D eigenvalue weighted by molar-refractivity contribution is 7.13. The van der Waals surface area contributed by atoms with E-state index in [1.165, 1.54) is 0 Å². The number of halogens is 1. The Bertz CT molecular complexity index is 804. The van der Waals surface area contributed by atoms with Crippen molar-refractivity contribution in [2.45, 2.75) is 12.8 Å². The third kappa shape index (κ3) is 4.15. The van der Waals surface area contributed by atoms with E-state index < -0.39 is 0 Å². The van der Waals surface area contributed by atoms with Gasteiger partial charge in [-0.25, -0.2) is 4.98 Å². The van der Waals surface area contributed by atoms with Crippen LogP contribution in [-0.2, 0) is 11.2 Å². The SMILES string of the molecule is O=C(CCc1csc(-c2ccncc2)n1)Nc1ccccc1Cl. The van der Waals surface area contributed by atoms with Gasteiger partial charge in [0.1, 0.15) is 5.01 Å². The minimum absolute atomic E-state index is 0.0726. The Hall–Kier alpha value is -2.24. The van der Waals surface area contributed by atoms with Crippen molar-refractivity contribution in [3.8, 4) is 10.6 Å². The Morgan fingerprint density at radius 2 is 1.96 bits per heavy atom. The summed E-state index contributed by atoms with van der Waals surface area (Å²) in [4.78, 5) is 20.6. The molecule has 3 rings (SSSR count). The molecule has 0 saturated carbocycles. The minimum Gasteiger partial charge on any atom is -0.325 e. The van der Waals surface area contributed by atoms with Crippen molar-refractivity contribution >= 4 is 34.5 Å². The Kier molecular flexibility index (Phi) is 5.00. The van der Waals surface area contributed by atoms with Gasteiger partial charge in [0.15, 0.2) is 0 Å². The van der Waals surface area contributed by atoms with Crippen LogP contribution < -0.4 is 5.32 Å². The van der Waals surface area contributed by atoms with E-state index in [2.05, 4.69) is 15.3 Å². The van der Waals surface area contributed by atoms with Crippen LogP contribution in [0.1, 0.15) is 12.1 Å². The summed E-state index contributed by atoms with van der Waals surface area (Å²) < 4.78 is 0. The van der Waals surface area contributed by atoms with Crippen LogP contribution in [0.5, 0.6) is 0 Å². The summed E-state index contributed by atoms with van der Waals surface area (Å²) in [6.45, 7) is 0. The number of hydrogen-bond donors (Lipinski definition) is 1. The smallest absolute Gasteiger partial charge is 0.224 e. The second kappa shape index (κ2) is 7.35. The van der Waals surface area contributed by atoms with Gasteiger partial charge >= 0.3 is 0 Å². The Morgan fingerprint density at radius 1 is 1.17 bits per heavy atom. The van der Waals surface area contributed by atoms with Crippen LogP contribution in [0.25, 0.3) is 10.6 Å². The van der Waals surface area contributed by atoms with Gasteiger partial charge in [-0.15, -0.1) is 11.3 Å². The van der Waals surface area contributed by atoms with E-state index >= 15 is 0 Å². The molecule has 0 fully saturated rings. The molecule has 0 radical (unpaired) electrons. The van der Waals surface area contributed by atoms with Gasteiger partial charge in [-0.3, -0.25) is 9.78 Å². The molecule has 0 aliphatic heterocycles. The largest absolute Gasteiger partial charge is 0.325 e. The molecule has 4 nitrogen and oxygen atoms in total. The number of para-hydroxylation sites is 1. The summed E-state index contributed by atoms with van der Waals surface area (Å²) in [5.74, 6) is -0.0726. The number of thiazole rings is 1. The highest BCUT2D eigenvalue weighted by Crippen LogP contribution is 2.24. The lowest BCUT2D eigenvalue weighted by molar-refractivity contribution is -0.116. The molecule has 6 heteroatoms. The lowest BCUT2D eigenvalue weighted by Crippen LogP contribution is -2.12. The molecule has 0 aliphatic rings. The molecule has 23 heavy (non-hydrogen) atoms. The van der Waals surface area contributed by atoms with Crippen molar-refractivity contribution in [2.24, 2.45) is 0 Å². The van der Waals surface area contributed by atoms with E-state index in [1.54, 1.807) is 35.9 Å². The third-order valence-corrected chi connectivity index (χ3v) is 4.50. The Balaban J connectivity index is 1.58. The topological polar surface area (TPSA) is 54.9 Å². The molecule has 0 spiro atoms. The number of carbonyl (C=O) groups is 1. The van der Waals surface area contributed by atoms with Crippen LogP contribution in [0.15, 0.2) is 54.2 Å². The fraction of sp³-hybridized carbons (Fsp3) is 0.118. The third-order valence-electron chi connectivity index (χ3n) is 3.24. The van der Waals surface area contributed by atoms with Crippen molar-refractivity contribution in [1.82, 2.24) is 9.97 Å². The van der Waals surface area contributed by atoms with Crippen molar-refractivity contribution in [3.63, 3.8) is 0 Å². The van der Waals surface area contributed by atoms with Gasteiger partial charge in [0, 0.05) is 29.8 Å². The van der Waals surface area contributed by atoms with Crippen molar-refractivity contribution < 1.29 is 4.79 Å². The zero-order valence-corrected chi connectivity index (χ0v) is 13.8. The van der Waals surface area contributed by atoms with E-state index in [4.69, 9.17) is 11.6 Å². The predicted molar refractivity (Wildman–Crippen MR) is 93.7 cm³/mol. The van der Waals surface area contributed by atoms with E-state index in [0.717, 1.165) is 16.3 Å². The van der Waals surface area contributed by atoms with Crippen LogP contribution in [0.3, 0.4) is 0 Å². The maximum atomic E-state index is 12.0. The van der Waals surface area contributed by atoms with E-state index in [1.807, 2.05) is 29.6 Å². The lowest BCUT2D eigenvalue weighted by Gasteiger charge is -2.06. The van der Waals surface area contributed by atoms with Crippen LogP contribution in [0.2, 0.25) is 5.02 Å². The number of amides is 1. The van der Waals surface area contributed by atoms with Gasteiger partial charge < -0.3 is 5.32 Å². The first-order valence-corrected chi connectivity index (χ1v) is 8.37. The quantitative estimate of drug-likeness (QED) is 0.745. The maximum absolute atomic E-state index is 12.0. The van der Waals surface area contributed by atoms with Gasteiger partial charge in [-0.1, -0.05) is 23.7 Å². The summed E-state index contributed by atoms with van der Waals surface area (Å²) in [7, 11) is 0. The van der Waals surface area contributed by atoms with Crippen molar-refractivity contribution in [1.29, 1.82) is 0 Å². The molecule has 2 heterocycles. The summed E-state index contributed by atoms with van der Waals surface area (Å²) in [6.07, 6.45) is 4.45. The Morgan fingerprint density at radius 3 is 2.74 bits per heavy atom. The van der Waals surface area contributed by atoms with Gasteiger partial charge in [0.2, 0.25) is 5.91 Å². The number of carbonyl (C=O) groups excluding carboxylic acids is 1. The standard InChI is InChI=1S/C17H14ClN3OS/c18-14-3-1-2-4-15(14)21-16(22)6-5-13-11-23-17(20-13)12-7-9-19-10-8-12/h1-4,7-11H,5-6H2,(H,21,22). The normalized spacial score (nSPS) is 10.5. The van der Waals surface area contributed by atoms with E-state index in [0.29, 0.717) is 23.6 Å². The molecule has 3 aromatic rings. The van der Waals surface area contributed by atoms with Crippen LogP contribution in [0.4, 0.5) is 5.69 Å². The van der Waals surface area contributed by atoms with Crippen molar-refractivity contribution in [3.05, 3.63) is 64.9 Å². The first-order chi connectivity index (χ1) is 11.2. The molecular formula is C17H14ClN3OS. The number of benzene rings is 1. The second-order valence-electron chi connectivity index (χ2n) is 4.91. The molecule has 0 saturated heterocycles. The van der Waals surface area contributed by atoms with E-state index in [-0.39, 0.29) is 5.91 Å². The van der Waals surface area contributed by atoms with Crippen molar-refractivity contribution in [2.75, 3.05) is 5.32 Å². The first kappa shape index (κ1) is 15.6. The molecular weight excluding hydrogens is 330 g/mol. The summed E-state index contributed by atoms with van der Waals surface area (Å²) >= 11 is 7.60. The number of rotatable bonds is 5. The molecule has 2 aromatic heterocycles. The number of anilines is 1. The average molecular weight is 344 g/mol. The number of hydrogen-bond acceptors (Lipinski definition) is 4. The number of aryl methyl sites for hydroxylation is 1. The molecule has 0 unspecified atom stereocenters.